The molecule has 0 saturated heterocycles. The highest BCUT2D eigenvalue weighted by molar-refractivity contribution is 9.09. The third-order valence-corrected chi connectivity index (χ3v) is 3.45. The lowest BCUT2D eigenvalue weighted by atomic mass is 10.1. The molecule has 0 bridgehead atoms. The van der Waals surface area contributed by atoms with E-state index >= 15 is 0 Å². The van der Waals surface area contributed by atoms with Gasteiger partial charge in [0.05, 0.1) is 18.9 Å². The Morgan fingerprint density at radius 1 is 1.09 bits per heavy atom. The molecule has 22 heavy (non-hydrogen) atoms. The number of esters is 2. The summed E-state index contributed by atoms with van der Waals surface area (Å²) in [7, 11) is 0. The van der Waals surface area contributed by atoms with E-state index in [4.69, 9.17) is 4.74 Å². The normalized spacial score (nSPS) is 14.3. The van der Waals surface area contributed by atoms with Crippen LogP contribution in [0.15, 0.2) is 0 Å². The second kappa shape index (κ2) is 10.9. The smallest absolute Gasteiger partial charge is 0.426 e. The van der Waals surface area contributed by atoms with Crippen molar-refractivity contribution in [2.45, 2.75) is 70.8 Å². The molecule has 130 valence electrons. The first kappa shape index (κ1) is 21.2. The van der Waals surface area contributed by atoms with Crippen LogP contribution in [0.2, 0.25) is 0 Å². The topological polar surface area (TPSA) is 52.6 Å². The summed E-state index contributed by atoms with van der Waals surface area (Å²) in [5.41, 5.74) is 0. The molecular weight excluding hydrogens is 369 g/mol. The summed E-state index contributed by atoms with van der Waals surface area (Å²) in [4.78, 5) is 22.8. The first-order chi connectivity index (χ1) is 10.2. The predicted octanol–water partition coefficient (Wildman–Crippen LogP) is 4.15. The lowest BCUT2D eigenvalue weighted by Crippen LogP contribution is -2.35. The lowest BCUT2D eigenvalue weighted by Gasteiger charge is -2.18. The van der Waals surface area contributed by atoms with E-state index in [2.05, 4.69) is 27.6 Å². The largest absolute Gasteiger partial charge is 0.463 e. The minimum atomic E-state index is -4.63. The number of rotatable bonds is 10. The van der Waals surface area contributed by atoms with Crippen LogP contribution < -0.4 is 0 Å². The Morgan fingerprint density at radius 3 is 2.09 bits per heavy atom. The van der Waals surface area contributed by atoms with Crippen LogP contribution in [0.25, 0.3) is 0 Å². The number of carbonyl (C=O) groups excluding carboxylic acids is 2. The van der Waals surface area contributed by atoms with Crippen LogP contribution in [0, 0.1) is 0 Å². The second-order valence-corrected chi connectivity index (χ2v) is 5.62. The Labute approximate surface area is 136 Å². The van der Waals surface area contributed by atoms with Crippen molar-refractivity contribution in [3.05, 3.63) is 0 Å². The van der Waals surface area contributed by atoms with Crippen LogP contribution in [0.1, 0.15) is 52.4 Å². The van der Waals surface area contributed by atoms with Crippen molar-refractivity contribution in [1.82, 2.24) is 0 Å². The zero-order chi connectivity index (χ0) is 17.2. The van der Waals surface area contributed by atoms with E-state index < -0.39 is 36.0 Å². The molecule has 0 aliphatic rings. The van der Waals surface area contributed by atoms with Gasteiger partial charge in [0.2, 0.25) is 6.10 Å². The second-order valence-electron chi connectivity index (χ2n) is 4.97. The Bertz CT molecular complexity index is 347. The Hall–Kier alpha value is -0.790. The highest BCUT2D eigenvalue weighted by Gasteiger charge is 2.42. The van der Waals surface area contributed by atoms with Crippen LogP contribution in [0.4, 0.5) is 13.2 Å². The molecular formula is C14H22BrF3O4. The van der Waals surface area contributed by atoms with Crippen LogP contribution in [0.3, 0.4) is 0 Å². The van der Waals surface area contributed by atoms with E-state index in [0.717, 1.165) is 25.7 Å². The highest BCUT2D eigenvalue weighted by atomic mass is 79.9. The number of carbonyl (C=O) groups is 2. The molecule has 0 aromatic rings. The van der Waals surface area contributed by atoms with Crippen LogP contribution >= 0.6 is 15.9 Å². The molecule has 0 saturated carbocycles. The zero-order valence-electron chi connectivity index (χ0n) is 12.7. The summed E-state index contributed by atoms with van der Waals surface area (Å²) < 4.78 is 46.5. The average molecular weight is 391 g/mol. The van der Waals surface area contributed by atoms with Gasteiger partial charge in [-0.15, -0.1) is 0 Å². The number of hydrogen-bond acceptors (Lipinski definition) is 4. The van der Waals surface area contributed by atoms with Crippen molar-refractivity contribution in [2.75, 3.05) is 5.33 Å². The summed E-state index contributed by atoms with van der Waals surface area (Å²) in [6.07, 6.45) is -4.06. The predicted molar refractivity (Wildman–Crippen MR) is 78.7 cm³/mol. The van der Waals surface area contributed by atoms with Gasteiger partial charge in [0.1, 0.15) is 0 Å². The summed E-state index contributed by atoms with van der Waals surface area (Å²) >= 11 is 2.63. The summed E-state index contributed by atoms with van der Waals surface area (Å²) in [6.45, 7) is 3.81. The fourth-order valence-electron chi connectivity index (χ4n) is 1.63. The molecule has 0 amide bonds. The third kappa shape index (κ3) is 10.0. The van der Waals surface area contributed by atoms with Gasteiger partial charge >= 0.3 is 18.1 Å². The van der Waals surface area contributed by atoms with E-state index in [1.54, 1.807) is 6.92 Å². The molecule has 0 N–H and O–H groups in total. The lowest BCUT2D eigenvalue weighted by molar-refractivity contribution is -0.214. The van der Waals surface area contributed by atoms with Gasteiger partial charge in [-0.3, -0.25) is 9.59 Å². The van der Waals surface area contributed by atoms with Gasteiger partial charge in [0.15, 0.2) is 0 Å². The quantitative estimate of drug-likeness (QED) is 0.319. The molecule has 0 spiro atoms. The minimum Gasteiger partial charge on any atom is -0.463 e. The van der Waals surface area contributed by atoms with E-state index in [1.807, 2.05) is 0 Å². The van der Waals surface area contributed by atoms with Crippen molar-refractivity contribution in [1.29, 1.82) is 0 Å². The van der Waals surface area contributed by atoms with Gasteiger partial charge in [-0.1, -0.05) is 35.7 Å². The van der Waals surface area contributed by atoms with E-state index in [9.17, 15) is 22.8 Å². The number of ether oxygens (including phenoxy) is 2. The number of halogens is 4. The maximum Gasteiger partial charge on any atom is 0.426 e. The van der Waals surface area contributed by atoms with Crippen molar-refractivity contribution >= 4 is 27.9 Å². The van der Waals surface area contributed by atoms with Gasteiger partial charge in [0.25, 0.3) is 0 Å². The number of unbranched alkanes of at least 4 members (excludes halogenated alkanes) is 2. The monoisotopic (exact) mass is 390 g/mol. The van der Waals surface area contributed by atoms with Crippen LogP contribution in [-0.2, 0) is 19.1 Å². The Balaban J connectivity index is 4.01. The van der Waals surface area contributed by atoms with Gasteiger partial charge in [0, 0.05) is 5.33 Å². The highest BCUT2D eigenvalue weighted by Crippen LogP contribution is 2.24. The standard InChI is InChI=1S/C14H22BrF3O4/c1-3-4-5-6-10(2)21-12(19)7-8-13(20)22-11(9-15)14(16,17)18/h10-11H,3-9H2,1-2H3. The first-order valence-corrected chi connectivity index (χ1v) is 8.34. The first-order valence-electron chi connectivity index (χ1n) is 7.22. The number of hydrogen-bond donors (Lipinski definition) is 0. The molecule has 0 aliphatic heterocycles. The number of alkyl halides is 4. The molecule has 8 heteroatoms. The van der Waals surface area contributed by atoms with Crippen molar-refractivity contribution < 1.29 is 32.2 Å². The average Bonchev–Trinajstić information content (AvgIpc) is 2.41. The minimum absolute atomic E-state index is 0.263. The van der Waals surface area contributed by atoms with E-state index in [1.165, 1.54) is 0 Å². The van der Waals surface area contributed by atoms with Crippen molar-refractivity contribution in [2.24, 2.45) is 0 Å². The SMILES string of the molecule is CCCCCC(C)OC(=O)CCC(=O)OC(CBr)C(F)(F)F. The maximum absolute atomic E-state index is 12.4. The molecule has 0 aromatic carbocycles. The van der Waals surface area contributed by atoms with E-state index in [0.29, 0.717) is 0 Å². The van der Waals surface area contributed by atoms with Gasteiger partial charge in [-0.2, -0.15) is 13.2 Å². The van der Waals surface area contributed by atoms with Crippen molar-refractivity contribution in [3.63, 3.8) is 0 Å². The van der Waals surface area contributed by atoms with E-state index in [-0.39, 0.29) is 12.5 Å². The zero-order valence-corrected chi connectivity index (χ0v) is 14.3. The van der Waals surface area contributed by atoms with Gasteiger partial charge < -0.3 is 9.47 Å². The van der Waals surface area contributed by atoms with Crippen LogP contribution in [-0.4, -0.2) is 35.7 Å². The Kier molecular flexibility index (Phi) is 10.5. The Morgan fingerprint density at radius 2 is 1.64 bits per heavy atom. The molecule has 0 fully saturated rings. The molecule has 2 atom stereocenters. The fourth-order valence-corrected chi connectivity index (χ4v) is 2.13. The maximum atomic E-state index is 12.4. The van der Waals surface area contributed by atoms with Gasteiger partial charge in [-0.25, -0.2) is 0 Å². The molecule has 0 rings (SSSR count). The summed E-state index contributed by atoms with van der Waals surface area (Å²) in [5, 5.41) is -0.541. The summed E-state index contributed by atoms with van der Waals surface area (Å²) in [5.74, 6) is -1.68. The molecule has 2 unspecified atom stereocenters. The molecule has 0 heterocycles. The van der Waals surface area contributed by atoms with Gasteiger partial charge in [-0.05, 0) is 19.8 Å². The van der Waals surface area contributed by atoms with Crippen LogP contribution in [0.5, 0.6) is 0 Å². The van der Waals surface area contributed by atoms with Crippen molar-refractivity contribution in [3.8, 4) is 0 Å². The molecule has 0 aliphatic carbocycles. The molecule has 0 radical (unpaired) electrons. The third-order valence-electron chi connectivity index (χ3n) is 2.86. The summed E-state index contributed by atoms with van der Waals surface area (Å²) in [6, 6.07) is 0. The molecule has 0 aromatic heterocycles. The fraction of sp³-hybridized carbons (Fsp3) is 0.857. The molecule has 4 nitrogen and oxygen atoms in total.